The average Bonchev–Trinajstić information content (AvgIpc) is 2.83. The second-order valence-corrected chi connectivity index (χ2v) is 4.64. The number of aryl methyl sites for hydroxylation is 1. The highest BCUT2D eigenvalue weighted by atomic mass is 16.5. The third kappa shape index (κ3) is 2.54. The van der Waals surface area contributed by atoms with Crippen LogP contribution in [0.3, 0.4) is 0 Å². The van der Waals surface area contributed by atoms with E-state index in [9.17, 15) is 14.7 Å². The summed E-state index contributed by atoms with van der Waals surface area (Å²) in [6, 6.07) is 1.79. The van der Waals surface area contributed by atoms with Gasteiger partial charge in [0.25, 0.3) is 0 Å². The van der Waals surface area contributed by atoms with Crippen molar-refractivity contribution in [2.75, 3.05) is 20.2 Å². The van der Waals surface area contributed by atoms with Crippen LogP contribution >= 0.6 is 0 Å². The van der Waals surface area contributed by atoms with Crippen molar-refractivity contribution < 1.29 is 19.4 Å². The number of methoxy groups -OCH3 is 1. The third-order valence-electron chi connectivity index (χ3n) is 3.60. The Labute approximate surface area is 110 Å². The molecule has 1 aromatic heterocycles. The molecule has 2 rings (SSSR count). The van der Waals surface area contributed by atoms with E-state index in [0.29, 0.717) is 19.5 Å². The first-order valence-electron chi connectivity index (χ1n) is 6.08. The number of carboxylic acids is 1. The predicted octanol–water partition coefficient (Wildman–Crippen LogP) is 0.677. The molecular formula is C12H17N3O4. The molecule has 1 aliphatic heterocycles. The Morgan fingerprint density at radius 2 is 2.26 bits per heavy atom. The second kappa shape index (κ2) is 5.29. The molecule has 0 unspecified atom stereocenters. The zero-order chi connectivity index (χ0) is 14.0. The van der Waals surface area contributed by atoms with Gasteiger partial charge in [-0.25, -0.2) is 4.79 Å². The Hall–Kier alpha value is -2.05. The Morgan fingerprint density at radius 3 is 2.79 bits per heavy atom. The van der Waals surface area contributed by atoms with Crippen molar-refractivity contribution in [2.45, 2.75) is 12.3 Å². The van der Waals surface area contributed by atoms with E-state index in [1.54, 1.807) is 24.0 Å². The molecule has 2 atom stereocenters. The van der Waals surface area contributed by atoms with Crippen molar-refractivity contribution in [2.24, 2.45) is 13.0 Å². The molecule has 7 heteroatoms. The summed E-state index contributed by atoms with van der Waals surface area (Å²) in [6.07, 6.45) is 1.63. The van der Waals surface area contributed by atoms with Crippen LogP contribution < -0.4 is 0 Å². The van der Waals surface area contributed by atoms with Crippen molar-refractivity contribution in [1.82, 2.24) is 14.7 Å². The number of ether oxygens (including phenoxy) is 1. The van der Waals surface area contributed by atoms with Crippen molar-refractivity contribution in [1.29, 1.82) is 0 Å². The normalized spacial score (nSPS) is 23.2. The molecular weight excluding hydrogens is 250 g/mol. The number of hydrogen-bond donors (Lipinski definition) is 1. The lowest BCUT2D eigenvalue weighted by molar-refractivity contribution is -0.144. The standard InChI is InChI=1S/C12H17N3O4/c1-14-10(3-5-13-14)9-7-15(12(18)19-2)6-4-8(9)11(16)17/h3,5,8-9H,4,6-7H2,1-2H3,(H,16,17)/t8-,9+/m0/s1. The van der Waals surface area contributed by atoms with Crippen LogP contribution in [-0.4, -0.2) is 52.0 Å². The van der Waals surface area contributed by atoms with Gasteiger partial charge in [0, 0.05) is 37.9 Å². The topological polar surface area (TPSA) is 84.7 Å². The van der Waals surface area contributed by atoms with E-state index >= 15 is 0 Å². The summed E-state index contributed by atoms with van der Waals surface area (Å²) < 4.78 is 6.35. The number of amides is 1. The highest BCUT2D eigenvalue weighted by Crippen LogP contribution is 2.32. The van der Waals surface area contributed by atoms with Gasteiger partial charge in [-0.15, -0.1) is 0 Å². The first-order chi connectivity index (χ1) is 9.04. The second-order valence-electron chi connectivity index (χ2n) is 4.64. The Morgan fingerprint density at radius 1 is 1.53 bits per heavy atom. The number of aromatic nitrogens is 2. The maximum atomic E-state index is 11.6. The number of carbonyl (C=O) groups excluding carboxylic acids is 1. The van der Waals surface area contributed by atoms with E-state index in [1.165, 1.54) is 12.0 Å². The fourth-order valence-electron chi connectivity index (χ4n) is 2.59. The maximum Gasteiger partial charge on any atom is 0.409 e. The van der Waals surface area contributed by atoms with Gasteiger partial charge < -0.3 is 14.7 Å². The zero-order valence-electron chi connectivity index (χ0n) is 10.9. The quantitative estimate of drug-likeness (QED) is 0.851. The van der Waals surface area contributed by atoms with Crippen LogP contribution in [0.25, 0.3) is 0 Å². The third-order valence-corrected chi connectivity index (χ3v) is 3.60. The van der Waals surface area contributed by atoms with Crippen LogP contribution in [0.4, 0.5) is 4.79 Å². The number of rotatable bonds is 2. The molecule has 0 aromatic carbocycles. The summed E-state index contributed by atoms with van der Waals surface area (Å²) in [6.45, 7) is 0.737. The summed E-state index contributed by atoms with van der Waals surface area (Å²) in [4.78, 5) is 24.5. The van der Waals surface area contributed by atoms with Crippen LogP contribution in [0.5, 0.6) is 0 Å². The van der Waals surface area contributed by atoms with Crippen molar-refractivity contribution >= 4 is 12.1 Å². The summed E-state index contributed by atoms with van der Waals surface area (Å²) in [5.74, 6) is -1.61. The number of likely N-dealkylation sites (tertiary alicyclic amines) is 1. The average molecular weight is 267 g/mol. The van der Waals surface area contributed by atoms with Crippen LogP contribution in [0.1, 0.15) is 18.0 Å². The molecule has 7 nitrogen and oxygen atoms in total. The molecule has 1 amide bonds. The van der Waals surface area contributed by atoms with Crippen LogP contribution in [0, 0.1) is 5.92 Å². The van der Waals surface area contributed by atoms with E-state index in [-0.39, 0.29) is 5.92 Å². The molecule has 2 heterocycles. The Kier molecular flexibility index (Phi) is 3.73. The highest BCUT2D eigenvalue weighted by molar-refractivity contribution is 5.73. The van der Waals surface area contributed by atoms with Crippen LogP contribution in [-0.2, 0) is 16.6 Å². The van der Waals surface area contributed by atoms with Gasteiger partial charge in [-0.2, -0.15) is 5.10 Å². The molecule has 0 bridgehead atoms. The monoisotopic (exact) mass is 267 g/mol. The van der Waals surface area contributed by atoms with Crippen LogP contribution in [0.15, 0.2) is 12.3 Å². The summed E-state index contributed by atoms with van der Waals surface area (Å²) in [5.41, 5.74) is 0.820. The molecule has 1 aliphatic rings. The molecule has 1 fully saturated rings. The lowest BCUT2D eigenvalue weighted by Crippen LogP contribution is -2.45. The van der Waals surface area contributed by atoms with Crippen molar-refractivity contribution in [3.63, 3.8) is 0 Å². The largest absolute Gasteiger partial charge is 0.481 e. The van der Waals surface area contributed by atoms with Gasteiger partial charge in [0.05, 0.1) is 13.0 Å². The van der Waals surface area contributed by atoms with Gasteiger partial charge in [-0.05, 0) is 12.5 Å². The van der Waals surface area contributed by atoms with Crippen LogP contribution in [0.2, 0.25) is 0 Å². The Bertz CT molecular complexity index is 485. The first kappa shape index (κ1) is 13.4. The number of piperidine rings is 1. The smallest absolute Gasteiger partial charge is 0.409 e. The minimum Gasteiger partial charge on any atom is -0.481 e. The molecule has 1 N–H and O–H groups in total. The van der Waals surface area contributed by atoms with Gasteiger partial charge in [-0.3, -0.25) is 9.48 Å². The molecule has 0 saturated carbocycles. The van der Waals surface area contributed by atoms with Crippen molar-refractivity contribution in [3.8, 4) is 0 Å². The van der Waals surface area contributed by atoms with Gasteiger partial charge in [0.15, 0.2) is 0 Å². The lowest BCUT2D eigenvalue weighted by Gasteiger charge is -2.35. The predicted molar refractivity (Wildman–Crippen MR) is 65.7 cm³/mol. The van der Waals surface area contributed by atoms with E-state index in [2.05, 4.69) is 5.10 Å². The molecule has 1 saturated heterocycles. The first-order valence-corrected chi connectivity index (χ1v) is 6.08. The molecule has 0 aliphatic carbocycles. The maximum absolute atomic E-state index is 11.6. The fraction of sp³-hybridized carbons (Fsp3) is 0.583. The van der Waals surface area contributed by atoms with Gasteiger partial charge in [-0.1, -0.05) is 0 Å². The zero-order valence-corrected chi connectivity index (χ0v) is 10.9. The minimum atomic E-state index is -0.837. The lowest BCUT2D eigenvalue weighted by atomic mass is 9.83. The van der Waals surface area contributed by atoms with Gasteiger partial charge in [0.1, 0.15) is 0 Å². The van der Waals surface area contributed by atoms with Gasteiger partial charge in [0.2, 0.25) is 0 Å². The minimum absolute atomic E-state index is 0.266. The number of nitrogens with zero attached hydrogens (tertiary/aromatic N) is 3. The molecule has 19 heavy (non-hydrogen) atoms. The van der Waals surface area contributed by atoms with E-state index in [0.717, 1.165) is 5.69 Å². The molecule has 0 radical (unpaired) electrons. The van der Waals surface area contributed by atoms with Crippen molar-refractivity contribution in [3.05, 3.63) is 18.0 Å². The summed E-state index contributed by atoms with van der Waals surface area (Å²) >= 11 is 0. The summed E-state index contributed by atoms with van der Waals surface area (Å²) in [7, 11) is 3.09. The molecule has 1 aromatic rings. The number of carboxylic acid groups (broad SMARTS) is 1. The number of hydrogen-bond acceptors (Lipinski definition) is 4. The van der Waals surface area contributed by atoms with E-state index in [1.807, 2.05) is 0 Å². The number of carbonyl (C=O) groups is 2. The fourth-order valence-corrected chi connectivity index (χ4v) is 2.59. The molecule has 0 spiro atoms. The molecule has 104 valence electrons. The van der Waals surface area contributed by atoms with E-state index < -0.39 is 18.0 Å². The van der Waals surface area contributed by atoms with Gasteiger partial charge >= 0.3 is 12.1 Å². The SMILES string of the molecule is COC(=O)N1CC[C@H](C(=O)O)[C@H](c2ccnn2C)C1. The van der Waals surface area contributed by atoms with E-state index in [4.69, 9.17) is 4.74 Å². The highest BCUT2D eigenvalue weighted by Gasteiger charge is 2.38. The Balaban J connectivity index is 2.25. The summed E-state index contributed by atoms with van der Waals surface area (Å²) in [5, 5.41) is 13.4. The number of aliphatic carboxylic acids is 1.